The second kappa shape index (κ2) is 10.6. The van der Waals surface area contributed by atoms with Crippen molar-refractivity contribution in [1.82, 2.24) is 19.7 Å². The second-order valence-corrected chi connectivity index (χ2v) is 7.87. The van der Waals surface area contributed by atoms with Gasteiger partial charge >= 0.3 is 0 Å². The van der Waals surface area contributed by atoms with Gasteiger partial charge < -0.3 is 19.5 Å². The first-order chi connectivity index (χ1) is 18.1. The van der Waals surface area contributed by atoms with E-state index in [4.69, 9.17) is 19.3 Å². The number of hydrogen-bond donors (Lipinski definition) is 1. The fourth-order valence-corrected chi connectivity index (χ4v) is 3.74. The van der Waals surface area contributed by atoms with E-state index in [1.807, 2.05) is 36.4 Å². The third-order valence-electron chi connectivity index (χ3n) is 5.49. The van der Waals surface area contributed by atoms with E-state index >= 15 is 0 Å². The number of benzene rings is 3. The molecule has 9 heteroatoms. The zero-order valence-corrected chi connectivity index (χ0v) is 20.2. The summed E-state index contributed by atoms with van der Waals surface area (Å²) < 4.78 is 18.2. The molecule has 2 heterocycles. The van der Waals surface area contributed by atoms with Crippen LogP contribution in [0.5, 0.6) is 23.1 Å². The number of ether oxygens (including phenoxy) is 3. The first kappa shape index (κ1) is 23.6. The Morgan fingerprint density at radius 3 is 2.49 bits per heavy atom. The van der Waals surface area contributed by atoms with Gasteiger partial charge in [-0.25, -0.2) is 9.67 Å². The van der Waals surface area contributed by atoms with Gasteiger partial charge in [-0.3, -0.25) is 9.78 Å². The van der Waals surface area contributed by atoms with Gasteiger partial charge in [0.15, 0.2) is 11.5 Å². The van der Waals surface area contributed by atoms with Crippen molar-refractivity contribution in [2.24, 2.45) is 0 Å². The number of anilines is 1. The normalized spacial score (nSPS) is 10.5. The van der Waals surface area contributed by atoms with Gasteiger partial charge in [-0.15, -0.1) is 0 Å². The number of para-hydroxylation sites is 1. The lowest BCUT2D eigenvalue weighted by Crippen LogP contribution is -2.12. The average molecular weight is 494 g/mol. The molecule has 0 aliphatic rings. The Balaban J connectivity index is 1.49. The molecular formula is C28H23N5O4. The van der Waals surface area contributed by atoms with Crippen LogP contribution in [-0.4, -0.2) is 39.9 Å². The SMILES string of the molecule is COc1ccc(-c2nn(-c3ccccc3)cc2C(=O)Nc2cccc(Oc3cnccn3)c2)cc1OC. The zero-order valence-electron chi connectivity index (χ0n) is 20.2. The number of hydrogen-bond acceptors (Lipinski definition) is 7. The van der Waals surface area contributed by atoms with Gasteiger partial charge in [0.05, 0.1) is 31.7 Å². The quantitative estimate of drug-likeness (QED) is 0.309. The lowest BCUT2D eigenvalue weighted by molar-refractivity contribution is 0.102. The highest BCUT2D eigenvalue weighted by Gasteiger charge is 2.20. The highest BCUT2D eigenvalue weighted by atomic mass is 16.5. The van der Waals surface area contributed by atoms with E-state index in [2.05, 4.69) is 15.3 Å². The summed E-state index contributed by atoms with van der Waals surface area (Å²) >= 11 is 0. The monoisotopic (exact) mass is 493 g/mol. The molecule has 1 amide bonds. The van der Waals surface area contributed by atoms with E-state index in [-0.39, 0.29) is 5.91 Å². The van der Waals surface area contributed by atoms with E-state index in [0.717, 1.165) is 5.69 Å². The molecule has 0 unspecified atom stereocenters. The summed E-state index contributed by atoms with van der Waals surface area (Å²) in [5, 5.41) is 7.68. The number of nitrogens with zero attached hydrogens (tertiary/aromatic N) is 4. The van der Waals surface area contributed by atoms with Crippen molar-refractivity contribution in [2.75, 3.05) is 19.5 Å². The Morgan fingerprint density at radius 1 is 0.892 bits per heavy atom. The molecule has 0 atom stereocenters. The van der Waals surface area contributed by atoms with E-state index in [9.17, 15) is 4.79 Å². The minimum Gasteiger partial charge on any atom is -0.493 e. The van der Waals surface area contributed by atoms with Crippen LogP contribution in [0.3, 0.4) is 0 Å². The molecule has 0 bridgehead atoms. The van der Waals surface area contributed by atoms with Crippen LogP contribution in [-0.2, 0) is 0 Å². The Morgan fingerprint density at radius 2 is 1.73 bits per heavy atom. The molecule has 0 aliphatic carbocycles. The minimum absolute atomic E-state index is 0.330. The summed E-state index contributed by atoms with van der Waals surface area (Å²) in [5.41, 5.74) is 2.96. The van der Waals surface area contributed by atoms with Gasteiger partial charge in [-0.05, 0) is 42.5 Å². The molecule has 184 valence electrons. The maximum absolute atomic E-state index is 13.5. The average Bonchev–Trinajstić information content (AvgIpc) is 3.40. The predicted octanol–water partition coefficient (Wildman–Crippen LogP) is 5.39. The molecule has 0 saturated heterocycles. The van der Waals surface area contributed by atoms with E-state index in [1.54, 1.807) is 73.9 Å². The third kappa shape index (κ3) is 5.25. The van der Waals surface area contributed by atoms with Crippen molar-refractivity contribution >= 4 is 11.6 Å². The Bertz CT molecular complexity index is 1520. The van der Waals surface area contributed by atoms with Crippen LogP contribution in [0.1, 0.15) is 10.4 Å². The number of carbonyl (C=O) groups excluding carboxylic acids is 1. The van der Waals surface area contributed by atoms with Crippen LogP contribution >= 0.6 is 0 Å². The molecule has 5 rings (SSSR count). The number of amides is 1. The minimum atomic E-state index is -0.330. The summed E-state index contributed by atoms with van der Waals surface area (Å²) in [6.07, 6.45) is 6.32. The lowest BCUT2D eigenvalue weighted by Gasteiger charge is -2.10. The summed E-state index contributed by atoms with van der Waals surface area (Å²) in [6, 6.07) is 22.0. The van der Waals surface area contributed by atoms with Crippen molar-refractivity contribution in [3.05, 3.63) is 103 Å². The van der Waals surface area contributed by atoms with Gasteiger partial charge in [0.1, 0.15) is 11.4 Å². The molecule has 0 fully saturated rings. The van der Waals surface area contributed by atoms with Crippen molar-refractivity contribution in [2.45, 2.75) is 0 Å². The maximum atomic E-state index is 13.5. The number of methoxy groups -OCH3 is 2. The van der Waals surface area contributed by atoms with Crippen molar-refractivity contribution in [1.29, 1.82) is 0 Å². The predicted molar refractivity (Wildman–Crippen MR) is 139 cm³/mol. The molecule has 9 nitrogen and oxygen atoms in total. The molecule has 3 aromatic carbocycles. The smallest absolute Gasteiger partial charge is 0.259 e. The van der Waals surface area contributed by atoms with Gasteiger partial charge in [0.2, 0.25) is 5.88 Å². The molecule has 0 spiro atoms. The molecule has 1 N–H and O–H groups in total. The van der Waals surface area contributed by atoms with Crippen LogP contribution in [0, 0.1) is 0 Å². The standard InChI is InChI=1S/C28H23N5O4/c1-35-24-12-11-19(15-25(24)36-2)27-23(18-33(32-27)21-8-4-3-5-9-21)28(34)31-20-7-6-10-22(16-20)37-26-17-29-13-14-30-26/h3-18H,1-2H3,(H,31,34). The van der Waals surface area contributed by atoms with Crippen molar-refractivity contribution in [3.63, 3.8) is 0 Å². The number of nitrogens with one attached hydrogen (secondary N) is 1. The molecule has 0 saturated carbocycles. The first-order valence-corrected chi connectivity index (χ1v) is 11.4. The van der Waals surface area contributed by atoms with Crippen LogP contribution < -0.4 is 19.5 Å². The Labute approximate surface area is 213 Å². The number of rotatable bonds is 8. The fourth-order valence-electron chi connectivity index (χ4n) is 3.74. The van der Waals surface area contributed by atoms with Crippen LogP contribution in [0.25, 0.3) is 16.9 Å². The summed E-state index contributed by atoms with van der Waals surface area (Å²) in [6.45, 7) is 0. The summed E-state index contributed by atoms with van der Waals surface area (Å²) in [7, 11) is 3.14. The molecular weight excluding hydrogens is 470 g/mol. The molecule has 2 aromatic heterocycles. The van der Waals surface area contributed by atoms with E-state index < -0.39 is 0 Å². The third-order valence-corrected chi connectivity index (χ3v) is 5.49. The fraction of sp³-hybridized carbons (Fsp3) is 0.0714. The van der Waals surface area contributed by atoms with Crippen molar-refractivity contribution < 1.29 is 19.0 Å². The molecule has 0 aliphatic heterocycles. The van der Waals surface area contributed by atoms with Crippen LogP contribution in [0.4, 0.5) is 5.69 Å². The van der Waals surface area contributed by atoms with Gasteiger partial charge in [-0.1, -0.05) is 24.3 Å². The summed E-state index contributed by atoms with van der Waals surface area (Å²) in [4.78, 5) is 21.6. The first-order valence-electron chi connectivity index (χ1n) is 11.4. The highest BCUT2D eigenvalue weighted by Crippen LogP contribution is 2.34. The van der Waals surface area contributed by atoms with Gasteiger partial charge in [0.25, 0.3) is 5.91 Å². The number of carbonyl (C=O) groups is 1. The topological polar surface area (TPSA) is 100 Å². The van der Waals surface area contributed by atoms with E-state index in [1.165, 1.54) is 6.20 Å². The Hall–Kier alpha value is -5.18. The number of aromatic nitrogens is 4. The van der Waals surface area contributed by atoms with E-state index in [0.29, 0.717) is 45.6 Å². The van der Waals surface area contributed by atoms with Gasteiger partial charge in [0, 0.05) is 35.9 Å². The largest absolute Gasteiger partial charge is 0.493 e. The zero-order chi connectivity index (χ0) is 25.6. The van der Waals surface area contributed by atoms with Crippen LogP contribution in [0.2, 0.25) is 0 Å². The highest BCUT2D eigenvalue weighted by molar-refractivity contribution is 6.08. The summed E-state index contributed by atoms with van der Waals surface area (Å²) in [5.74, 6) is 1.65. The molecule has 37 heavy (non-hydrogen) atoms. The molecule has 0 radical (unpaired) electrons. The molecule has 5 aromatic rings. The van der Waals surface area contributed by atoms with Gasteiger partial charge in [-0.2, -0.15) is 5.10 Å². The Kier molecular flexibility index (Phi) is 6.76. The maximum Gasteiger partial charge on any atom is 0.259 e. The second-order valence-electron chi connectivity index (χ2n) is 7.87. The van der Waals surface area contributed by atoms with Crippen LogP contribution in [0.15, 0.2) is 97.6 Å². The lowest BCUT2D eigenvalue weighted by atomic mass is 10.1. The van der Waals surface area contributed by atoms with Crippen molar-refractivity contribution in [3.8, 4) is 40.1 Å².